The summed E-state index contributed by atoms with van der Waals surface area (Å²) >= 11 is 0. The van der Waals surface area contributed by atoms with Crippen LogP contribution in [0.25, 0.3) is 0 Å². The molecule has 0 fully saturated rings. The van der Waals surface area contributed by atoms with E-state index in [2.05, 4.69) is 4.72 Å². The Morgan fingerprint density at radius 1 is 1.23 bits per heavy atom. The smallest absolute Gasteiger partial charge is 0.312 e. The van der Waals surface area contributed by atoms with Gasteiger partial charge in [-0.2, -0.15) is 0 Å². The number of rotatable bonds is 6. The van der Waals surface area contributed by atoms with E-state index >= 15 is 0 Å². The summed E-state index contributed by atoms with van der Waals surface area (Å²) in [4.78, 5) is 10.2. The first-order chi connectivity index (χ1) is 12.4. The molecule has 0 radical (unpaired) electrons. The molecule has 9 nitrogen and oxygen atoms in total. The van der Waals surface area contributed by atoms with Gasteiger partial charge >= 0.3 is 5.69 Å². The molecule has 0 spiro atoms. The molecule has 3 rings (SSSR count). The maximum absolute atomic E-state index is 12.5. The minimum atomic E-state index is -3.97. The fourth-order valence-electron chi connectivity index (χ4n) is 2.51. The second-order valence-electron chi connectivity index (χ2n) is 5.36. The monoisotopic (exact) mass is 380 g/mol. The van der Waals surface area contributed by atoms with Crippen molar-refractivity contribution in [2.45, 2.75) is 11.4 Å². The lowest BCUT2D eigenvalue weighted by molar-refractivity contribution is -0.386. The van der Waals surface area contributed by atoms with E-state index in [0.717, 1.165) is 6.07 Å². The molecule has 1 aliphatic heterocycles. The Hall–Kier alpha value is -2.85. The normalized spacial score (nSPS) is 13.3. The Morgan fingerprint density at radius 3 is 2.73 bits per heavy atom. The van der Waals surface area contributed by atoms with Gasteiger partial charge in [0, 0.05) is 18.2 Å². The molecule has 0 aromatic heterocycles. The molecule has 1 heterocycles. The quantitative estimate of drug-likeness (QED) is 0.600. The molecule has 0 bridgehead atoms. The van der Waals surface area contributed by atoms with Crippen LogP contribution >= 0.6 is 0 Å². The van der Waals surface area contributed by atoms with Crippen molar-refractivity contribution in [3.05, 3.63) is 52.1 Å². The summed E-state index contributed by atoms with van der Waals surface area (Å²) in [5.74, 6) is 1.02. The summed E-state index contributed by atoms with van der Waals surface area (Å²) in [6.45, 7) is 0.758. The topological polar surface area (TPSA) is 117 Å². The van der Waals surface area contributed by atoms with Crippen LogP contribution in [-0.2, 0) is 16.6 Å². The molecule has 0 saturated carbocycles. The number of fused-ring (bicyclic) bond motifs is 1. The van der Waals surface area contributed by atoms with Crippen LogP contribution in [0.3, 0.4) is 0 Å². The summed E-state index contributed by atoms with van der Waals surface area (Å²) in [6, 6.07) is 8.63. The second kappa shape index (κ2) is 7.18. The molecule has 2 aromatic rings. The van der Waals surface area contributed by atoms with Gasteiger partial charge in [-0.05, 0) is 18.2 Å². The number of hydrogen-bond acceptors (Lipinski definition) is 7. The molecular weight excluding hydrogens is 364 g/mol. The van der Waals surface area contributed by atoms with Crippen molar-refractivity contribution in [3.8, 4) is 17.2 Å². The maximum atomic E-state index is 12.5. The average molecular weight is 380 g/mol. The van der Waals surface area contributed by atoms with E-state index < -0.39 is 20.6 Å². The van der Waals surface area contributed by atoms with Gasteiger partial charge in [0.05, 0.1) is 16.9 Å². The van der Waals surface area contributed by atoms with Crippen molar-refractivity contribution >= 4 is 15.7 Å². The van der Waals surface area contributed by atoms with Gasteiger partial charge in [0.2, 0.25) is 10.0 Å². The predicted molar refractivity (Wildman–Crippen MR) is 91.1 cm³/mol. The van der Waals surface area contributed by atoms with E-state index in [0.29, 0.717) is 30.3 Å². The Bertz CT molecular complexity index is 944. The number of nitrogens with one attached hydrogen (secondary N) is 1. The number of nitro benzene ring substituents is 1. The third-order valence-electron chi connectivity index (χ3n) is 3.76. The van der Waals surface area contributed by atoms with Crippen LogP contribution in [-0.4, -0.2) is 33.7 Å². The number of methoxy groups -OCH3 is 1. The van der Waals surface area contributed by atoms with Crippen molar-refractivity contribution in [1.82, 2.24) is 4.72 Å². The van der Waals surface area contributed by atoms with Crippen molar-refractivity contribution < 1.29 is 27.6 Å². The average Bonchev–Trinajstić information content (AvgIpc) is 2.65. The Balaban J connectivity index is 1.84. The zero-order valence-corrected chi connectivity index (χ0v) is 14.6. The molecule has 138 valence electrons. The van der Waals surface area contributed by atoms with Crippen molar-refractivity contribution in [2.24, 2.45) is 0 Å². The standard InChI is InChI=1S/C16H16N2O7S/c1-23-14-6-5-12(9-13(14)18(19)20)26(21,22)17-10-11-3-2-4-15-16(11)25-8-7-24-15/h2-6,9,17H,7-8,10H2,1H3. The van der Waals surface area contributed by atoms with Crippen LogP contribution in [0.5, 0.6) is 17.2 Å². The van der Waals surface area contributed by atoms with Crippen LogP contribution in [0.1, 0.15) is 5.56 Å². The Labute approximate surface area is 149 Å². The van der Waals surface area contributed by atoms with Gasteiger partial charge in [-0.1, -0.05) is 12.1 Å². The molecule has 0 saturated heterocycles. The minimum absolute atomic E-state index is 0.0170. The highest BCUT2D eigenvalue weighted by molar-refractivity contribution is 7.89. The molecule has 0 amide bonds. The number of nitrogens with zero attached hydrogens (tertiary/aromatic N) is 1. The van der Waals surface area contributed by atoms with Crippen molar-refractivity contribution in [2.75, 3.05) is 20.3 Å². The van der Waals surface area contributed by atoms with Gasteiger partial charge < -0.3 is 14.2 Å². The Morgan fingerprint density at radius 2 is 2.00 bits per heavy atom. The van der Waals surface area contributed by atoms with Gasteiger partial charge in [0.15, 0.2) is 17.2 Å². The van der Waals surface area contributed by atoms with Crippen molar-refractivity contribution in [1.29, 1.82) is 0 Å². The van der Waals surface area contributed by atoms with E-state index in [9.17, 15) is 18.5 Å². The summed E-state index contributed by atoms with van der Waals surface area (Å²) < 4.78 is 43.3. The molecule has 26 heavy (non-hydrogen) atoms. The van der Waals surface area contributed by atoms with Gasteiger partial charge in [-0.25, -0.2) is 13.1 Å². The lowest BCUT2D eigenvalue weighted by atomic mass is 10.2. The SMILES string of the molecule is COc1ccc(S(=O)(=O)NCc2cccc3c2OCCO3)cc1[N+](=O)[O-]. The van der Waals surface area contributed by atoms with Gasteiger partial charge in [0.25, 0.3) is 0 Å². The summed E-state index contributed by atoms with van der Waals surface area (Å²) in [5.41, 5.74) is 0.179. The first-order valence-electron chi connectivity index (χ1n) is 7.62. The first kappa shape index (κ1) is 18.0. The molecular formula is C16H16N2O7S. The molecule has 0 aliphatic carbocycles. The number of para-hydroxylation sites is 1. The largest absolute Gasteiger partial charge is 0.490 e. The molecule has 1 aliphatic rings. The van der Waals surface area contributed by atoms with Gasteiger partial charge in [0.1, 0.15) is 13.2 Å². The molecule has 10 heteroatoms. The molecule has 1 N–H and O–H groups in total. The van der Waals surface area contributed by atoms with Gasteiger partial charge in [-0.15, -0.1) is 0 Å². The van der Waals surface area contributed by atoms with E-state index in [4.69, 9.17) is 14.2 Å². The molecule has 0 unspecified atom stereocenters. The number of ether oxygens (including phenoxy) is 3. The van der Waals surface area contributed by atoms with Crippen LogP contribution in [0.15, 0.2) is 41.3 Å². The number of hydrogen-bond donors (Lipinski definition) is 1. The number of nitro groups is 1. The summed E-state index contributed by atoms with van der Waals surface area (Å²) in [6.07, 6.45) is 0. The van der Waals surface area contributed by atoms with Crippen LogP contribution in [0.2, 0.25) is 0 Å². The fourth-order valence-corrected chi connectivity index (χ4v) is 3.54. The minimum Gasteiger partial charge on any atom is -0.490 e. The summed E-state index contributed by atoms with van der Waals surface area (Å²) in [5, 5.41) is 11.1. The lowest BCUT2D eigenvalue weighted by Crippen LogP contribution is -2.24. The fraction of sp³-hybridized carbons (Fsp3) is 0.250. The molecule has 2 aromatic carbocycles. The first-order valence-corrected chi connectivity index (χ1v) is 9.10. The second-order valence-corrected chi connectivity index (χ2v) is 7.12. The van der Waals surface area contributed by atoms with Crippen LogP contribution in [0, 0.1) is 10.1 Å². The maximum Gasteiger partial charge on any atom is 0.312 e. The van der Waals surface area contributed by atoms with Crippen LogP contribution in [0.4, 0.5) is 5.69 Å². The number of sulfonamides is 1. The van der Waals surface area contributed by atoms with Crippen LogP contribution < -0.4 is 18.9 Å². The highest BCUT2D eigenvalue weighted by atomic mass is 32.2. The van der Waals surface area contributed by atoms with E-state index in [1.165, 1.54) is 19.2 Å². The third-order valence-corrected chi connectivity index (χ3v) is 5.16. The highest BCUT2D eigenvalue weighted by Crippen LogP contribution is 2.34. The van der Waals surface area contributed by atoms with Crippen molar-refractivity contribution in [3.63, 3.8) is 0 Å². The zero-order chi connectivity index (χ0) is 18.7. The predicted octanol–water partition coefficient (Wildman–Crippen LogP) is 1.85. The lowest BCUT2D eigenvalue weighted by Gasteiger charge is -2.21. The van der Waals surface area contributed by atoms with E-state index in [1.54, 1.807) is 18.2 Å². The third kappa shape index (κ3) is 3.55. The van der Waals surface area contributed by atoms with E-state index in [-0.39, 0.29) is 17.2 Å². The number of benzene rings is 2. The highest BCUT2D eigenvalue weighted by Gasteiger charge is 2.23. The van der Waals surface area contributed by atoms with Gasteiger partial charge in [-0.3, -0.25) is 10.1 Å². The summed E-state index contributed by atoms with van der Waals surface area (Å²) in [7, 11) is -2.70. The Kier molecular flexibility index (Phi) is 4.96. The zero-order valence-electron chi connectivity index (χ0n) is 13.8. The van der Waals surface area contributed by atoms with E-state index in [1.807, 2.05) is 0 Å². The molecule has 0 atom stereocenters.